The fraction of sp³-hybridized carbons (Fsp3) is 0.429. The molecule has 1 aromatic carbocycles. The first-order chi connectivity index (χ1) is 11.2. The Kier molecular flexibility index (Phi) is 4.92. The third-order valence-corrected chi connectivity index (χ3v) is 3.56. The van der Waals surface area contributed by atoms with Gasteiger partial charge < -0.3 is 10.2 Å². The van der Waals surface area contributed by atoms with Crippen molar-refractivity contribution in [2.45, 2.75) is 25.1 Å². The number of piperidine rings is 1. The number of amides is 1. The van der Waals surface area contributed by atoms with Gasteiger partial charge in [-0.25, -0.2) is 0 Å². The van der Waals surface area contributed by atoms with Crippen molar-refractivity contribution in [2.24, 2.45) is 0 Å². The summed E-state index contributed by atoms with van der Waals surface area (Å²) in [6, 6.07) is 4.44. The van der Waals surface area contributed by atoms with E-state index in [1.54, 1.807) is 6.07 Å². The van der Waals surface area contributed by atoms with Crippen LogP contribution in [-0.2, 0) is 4.79 Å². The zero-order valence-electron chi connectivity index (χ0n) is 12.3. The Morgan fingerprint density at radius 2 is 2.17 bits per heavy atom. The number of carbonyl (C=O) groups excluding carboxylic acids is 1. The Balaban J connectivity index is 2.14. The molecule has 10 heteroatoms. The van der Waals surface area contributed by atoms with E-state index in [4.69, 9.17) is 5.26 Å². The van der Waals surface area contributed by atoms with Crippen molar-refractivity contribution in [3.63, 3.8) is 0 Å². The lowest BCUT2D eigenvalue weighted by Gasteiger charge is -2.33. The average Bonchev–Trinajstić information content (AvgIpc) is 2.49. The number of nitrogens with one attached hydrogen (secondary N) is 1. The first-order valence-electron chi connectivity index (χ1n) is 7.02. The predicted molar refractivity (Wildman–Crippen MR) is 77.1 cm³/mol. The summed E-state index contributed by atoms with van der Waals surface area (Å²) in [7, 11) is 0. The zero-order valence-corrected chi connectivity index (χ0v) is 12.3. The van der Waals surface area contributed by atoms with Gasteiger partial charge in [-0.05, 0) is 25.0 Å². The minimum atomic E-state index is -4.47. The van der Waals surface area contributed by atoms with E-state index in [2.05, 4.69) is 5.32 Å². The molecule has 1 aromatic rings. The van der Waals surface area contributed by atoms with Crippen LogP contribution in [0.5, 0.6) is 0 Å². The third-order valence-electron chi connectivity index (χ3n) is 3.56. The number of hydrogen-bond acceptors (Lipinski definition) is 5. The van der Waals surface area contributed by atoms with Crippen molar-refractivity contribution < 1.29 is 22.9 Å². The van der Waals surface area contributed by atoms with Gasteiger partial charge >= 0.3 is 6.18 Å². The van der Waals surface area contributed by atoms with Crippen LogP contribution < -0.4 is 5.32 Å². The minimum absolute atomic E-state index is 0.0280. The molecule has 1 amide bonds. The summed E-state index contributed by atoms with van der Waals surface area (Å²) in [6.45, 7) is -1.28. The normalized spacial score (nSPS) is 18.2. The Morgan fingerprint density at radius 3 is 2.75 bits per heavy atom. The van der Waals surface area contributed by atoms with Crippen LogP contribution in [-0.4, -0.2) is 41.0 Å². The number of nitriles is 1. The summed E-state index contributed by atoms with van der Waals surface area (Å²) in [5, 5.41) is 22.5. The van der Waals surface area contributed by atoms with Crippen molar-refractivity contribution in [3.8, 4) is 6.07 Å². The van der Waals surface area contributed by atoms with Crippen LogP contribution in [0.1, 0.15) is 18.4 Å². The fourth-order valence-corrected chi connectivity index (χ4v) is 2.52. The number of carbonyl (C=O) groups is 1. The first kappa shape index (κ1) is 17.5. The molecule has 1 saturated heterocycles. The smallest absolute Gasteiger partial charge is 0.374 e. The molecule has 1 unspecified atom stereocenters. The number of likely N-dealkylation sites (tertiary alicyclic amines) is 1. The van der Waals surface area contributed by atoms with Crippen LogP contribution in [0.2, 0.25) is 0 Å². The molecule has 0 radical (unpaired) electrons. The number of nitrogens with zero attached hydrogens (tertiary/aromatic N) is 3. The van der Waals surface area contributed by atoms with E-state index in [1.807, 2.05) is 0 Å². The third kappa shape index (κ3) is 4.13. The Bertz CT molecular complexity index is 699. The Labute approximate surface area is 134 Å². The Hall–Kier alpha value is -2.83. The lowest BCUT2D eigenvalue weighted by atomic mass is 10.0. The van der Waals surface area contributed by atoms with E-state index < -0.39 is 29.6 Å². The van der Waals surface area contributed by atoms with Gasteiger partial charge in [0.15, 0.2) is 0 Å². The monoisotopic (exact) mass is 342 g/mol. The number of anilines is 1. The van der Waals surface area contributed by atoms with Gasteiger partial charge in [0.25, 0.3) is 5.69 Å². The van der Waals surface area contributed by atoms with E-state index in [0.29, 0.717) is 12.8 Å². The van der Waals surface area contributed by atoms with Gasteiger partial charge in [0.05, 0.1) is 4.92 Å². The summed E-state index contributed by atoms with van der Waals surface area (Å²) in [5.74, 6) is -0.685. The molecule has 0 spiro atoms. The molecule has 1 atom stereocenters. The average molecular weight is 342 g/mol. The van der Waals surface area contributed by atoms with Crippen LogP contribution in [0.4, 0.5) is 24.5 Å². The maximum Gasteiger partial charge on any atom is 0.406 e. The topological polar surface area (TPSA) is 99.3 Å². The summed E-state index contributed by atoms with van der Waals surface area (Å²) in [6.07, 6.45) is -3.73. The molecule has 1 aliphatic rings. The molecule has 0 saturated carbocycles. The highest BCUT2D eigenvalue weighted by molar-refractivity contribution is 5.85. The highest BCUT2D eigenvalue weighted by Gasteiger charge is 2.37. The number of nitro benzene ring substituents is 1. The van der Waals surface area contributed by atoms with Crippen molar-refractivity contribution in [3.05, 3.63) is 33.9 Å². The van der Waals surface area contributed by atoms with E-state index >= 15 is 0 Å². The highest BCUT2D eigenvalue weighted by Crippen LogP contribution is 2.25. The molecule has 0 bridgehead atoms. The van der Waals surface area contributed by atoms with Gasteiger partial charge in [0.2, 0.25) is 5.91 Å². The van der Waals surface area contributed by atoms with Crippen LogP contribution in [0.25, 0.3) is 0 Å². The molecular formula is C14H13F3N4O3. The second-order valence-electron chi connectivity index (χ2n) is 5.31. The van der Waals surface area contributed by atoms with Gasteiger partial charge in [-0.2, -0.15) is 18.4 Å². The quantitative estimate of drug-likeness (QED) is 0.669. The number of halogens is 3. The Morgan fingerprint density at radius 1 is 1.46 bits per heavy atom. The molecule has 128 valence electrons. The number of nitro groups is 1. The predicted octanol–water partition coefficient (Wildman–Crippen LogP) is 2.43. The zero-order chi connectivity index (χ0) is 17.9. The van der Waals surface area contributed by atoms with Crippen molar-refractivity contribution in [1.29, 1.82) is 5.26 Å². The molecule has 7 nitrogen and oxygen atoms in total. The van der Waals surface area contributed by atoms with E-state index in [9.17, 15) is 28.1 Å². The standard InChI is InChI=1S/C14H13F3N4O3/c15-14(16,17)8-20-5-1-2-11(13(20)22)19-10-3-4-12(21(23)24)9(6-10)7-18/h3-4,6,11,19H,1-2,5,8H2. The lowest BCUT2D eigenvalue weighted by molar-refractivity contribution is -0.385. The van der Waals surface area contributed by atoms with Crippen molar-refractivity contribution in [1.82, 2.24) is 4.90 Å². The molecule has 2 rings (SSSR count). The maximum atomic E-state index is 12.5. The summed E-state index contributed by atoms with van der Waals surface area (Å²) < 4.78 is 37.4. The van der Waals surface area contributed by atoms with Crippen LogP contribution in [0, 0.1) is 21.4 Å². The molecule has 1 fully saturated rings. The number of hydrogen-bond donors (Lipinski definition) is 1. The molecular weight excluding hydrogens is 329 g/mol. The lowest BCUT2D eigenvalue weighted by Crippen LogP contribution is -2.50. The molecule has 0 aromatic heterocycles. The number of rotatable bonds is 4. The molecule has 1 N–H and O–H groups in total. The van der Waals surface area contributed by atoms with Crippen LogP contribution in [0.15, 0.2) is 18.2 Å². The molecule has 1 heterocycles. The van der Waals surface area contributed by atoms with Crippen molar-refractivity contribution in [2.75, 3.05) is 18.4 Å². The van der Waals surface area contributed by atoms with Gasteiger partial charge in [-0.15, -0.1) is 0 Å². The van der Waals surface area contributed by atoms with Crippen LogP contribution >= 0.6 is 0 Å². The molecule has 1 aliphatic heterocycles. The minimum Gasteiger partial charge on any atom is -0.374 e. The largest absolute Gasteiger partial charge is 0.406 e. The number of benzene rings is 1. The van der Waals surface area contributed by atoms with Gasteiger partial charge in [-0.1, -0.05) is 0 Å². The fourth-order valence-electron chi connectivity index (χ4n) is 2.52. The van der Waals surface area contributed by atoms with E-state index in [1.165, 1.54) is 12.1 Å². The first-order valence-corrected chi connectivity index (χ1v) is 7.02. The second kappa shape index (κ2) is 6.74. The maximum absolute atomic E-state index is 12.5. The van der Waals surface area contributed by atoms with Gasteiger partial charge in [0, 0.05) is 18.3 Å². The second-order valence-corrected chi connectivity index (χ2v) is 5.31. The summed E-state index contributed by atoms with van der Waals surface area (Å²) in [5.41, 5.74) is -0.304. The van der Waals surface area contributed by atoms with Gasteiger partial charge in [0.1, 0.15) is 24.2 Å². The van der Waals surface area contributed by atoms with E-state index in [-0.39, 0.29) is 23.5 Å². The molecule has 24 heavy (non-hydrogen) atoms. The van der Waals surface area contributed by atoms with E-state index in [0.717, 1.165) is 11.0 Å². The summed E-state index contributed by atoms with van der Waals surface area (Å²) >= 11 is 0. The summed E-state index contributed by atoms with van der Waals surface area (Å²) in [4.78, 5) is 22.9. The number of alkyl halides is 3. The van der Waals surface area contributed by atoms with Crippen molar-refractivity contribution >= 4 is 17.3 Å². The SMILES string of the molecule is N#Cc1cc(NC2CCCN(CC(F)(F)F)C2=O)ccc1[N+](=O)[O-]. The highest BCUT2D eigenvalue weighted by atomic mass is 19.4. The molecule has 0 aliphatic carbocycles. The van der Waals surface area contributed by atoms with Gasteiger partial charge in [-0.3, -0.25) is 14.9 Å². The van der Waals surface area contributed by atoms with Crippen LogP contribution in [0.3, 0.4) is 0 Å².